The van der Waals surface area contributed by atoms with Crippen LogP contribution >= 0.6 is 0 Å². The van der Waals surface area contributed by atoms with Gasteiger partial charge in [0.25, 0.3) is 0 Å². The van der Waals surface area contributed by atoms with Gasteiger partial charge in [0, 0.05) is 24.1 Å². The van der Waals surface area contributed by atoms with Crippen LogP contribution in [0.25, 0.3) is 0 Å². The van der Waals surface area contributed by atoms with Gasteiger partial charge >= 0.3 is 5.97 Å². The molecule has 0 unspecified atom stereocenters. The summed E-state index contributed by atoms with van der Waals surface area (Å²) in [5, 5.41) is 0. The standard InChI is InChI=1S/C20H24FNO4/c1-12-6-7-16(9-18(12)21)20(24)26-11-19(23)17-8-13(2)22(15(17)4)14(3)10-25-5/h6-9,14H,10-11H2,1-5H3/t14-/m0/s1. The van der Waals surface area contributed by atoms with Gasteiger partial charge in [-0.05, 0) is 51.5 Å². The summed E-state index contributed by atoms with van der Waals surface area (Å²) in [7, 11) is 1.63. The minimum Gasteiger partial charge on any atom is -0.454 e. The Hall–Kier alpha value is -2.47. The molecule has 2 rings (SSSR count). The number of nitrogens with zero attached hydrogens (tertiary/aromatic N) is 1. The molecule has 0 radical (unpaired) electrons. The normalized spacial score (nSPS) is 12.1. The molecule has 0 spiro atoms. The number of aromatic nitrogens is 1. The molecule has 5 nitrogen and oxygen atoms in total. The van der Waals surface area contributed by atoms with E-state index >= 15 is 0 Å². The molecule has 0 fully saturated rings. The first kappa shape index (κ1) is 19.8. The Kier molecular flexibility index (Phi) is 6.32. The Bertz CT molecular complexity index is 825. The highest BCUT2D eigenvalue weighted by Crippen LogP contribution is 2.21. The van der Waals surface area contributed by atoms with Crippen molar-refractivity contribution in [1.29, 1.82) is 0 Å². The number of benzene rings is 1. The topological polar surface area (TPSA) is 57.5 Å². The zero-order chi connectivity index (χ0) is 19.4. The first-order valence-corrected chi connectivity index (χ1v) is 8.40. The molecule has 6 heteroatoms. The summed E-state index contributed by atoms with van der Waals surface area (Å²) in [6.07, 6.45) is 0. The smallest absolute Gasteiger partial charge is 0.338 e. The number of ketones is 1. The lowest BCUT2D eigenvalue weighted by atomic mass is 10.1. The summed E-state index contributed by atoms with van der Waals surface area (Å²) < 4.78 is 25.8. The zero-order valence-corrected chi connectivity index (χ0v) is 15.8. The minimum absolute atomic E-state index is 0.0830. The molecule has 0 bridgehead atoms. The molecular formula is C20H24FNO4. The number of methoxy groups -OCH3 is 1. The number of carbonyl (C=O) groups is 2. The molecule has 1 atom stereocenters. The molecule has 0 aliphatic heterocycles. The molecule has 1 aromatic carbocycles. The van der Waals surface area contributed by atoms with E-state index in [2.05, 4.69) is 0 Å². The number of hydrogen-bond donors (Lipinski definition) is 0. The van der Waals surface area contributed by atoms with Gasteiger partial charge in [-0.2, -0.15) is 0 Å². The number of aryl methyl sites for hydroxylation is 2. The molecule has 1 aromatic heterocycles. The van der Waals surface area contributed by atoms with Gasteiger partial charge in [-0.15, -0.1) is 0 Å². The molecule has 0 N–H and O–H groups in total. The van der Waals surface area contributed by atoms with Gasteiger partial charge in [0.2, 0.25) is 5.78 Å². The summed E-state index contributed by atoms with van der Waals surface area (Å²) in [6.45, 7) is 7.51. The summed E-state index contributed by atoms with van der Waals surface area (Å²) in [5.41, 5.74) is 2.76. The second kappa shape index (κ2) is 8.27. The molecular weight excluding hydrogens is 337 g/mol. The summed E-state index contributed by atoms with van der Waals surface area (Å²) in [5.74, 6) is -1.50. The lowest BCUT2D eigenvalue weighted by molar-refractivity contribution is 0.0474. The van der Waals surface area contributed by atoms with Crippen molar-refractivity contribution in [3.05, 3.63) is 58.2 Å². The van der Waals surface area contributed by atoms with E-state index in [4.69, 9.17) is 9.47 Å². The molecule has 0 aliphatic rings. The van der Waals surface area contributed by atoms with E-state index in [-0.39, 0.29) is 17.4 Å². The van der Waals surface area contributed by atoms with Gasteiger partial charge in [0.15, 0.2) is 6.61 Å². The quantitative estimate of drug-likeness (QED) is 0.556. The van der Waals surface area contributed by atoms with Crippen LogP contribution in [0.3, 0.4) is 0 Å². The lowest BCUT2D eigenvalue weighted by Crippen LogP contribution is -2.17. The fourth-order valence-electron chi connectivity index (χ4n) is 3.07. The number of carbonyl (C=O) groups excluding carboxylic acids is 2. The first-order chi connectivity index (χ1) is 12.3. The summed E-state index contributed by atoms with van der Waals surface area (Å²) in [4.78, 5) is 24.5. The number of Topliss-reactive ketones (excluding diaryl/α,β-unsaturated/α-hetero) is 1. The third-order valence-corrected chi connectivity index (χ3v) is 4.38. The number of halogens is 1. The van der Waals surface area contributed by atoms with Crippen LogP contribution in [0, 0.1) is 26.6 Å². The van der Waals surface area contributed by atoms with E-state index in [0.717, 1.165) is 17.5 Å². The highest BCUT2D eigenvalue weighted by atomic mass is 19.1. The van der Waals surface area contributed by atoms with E-state index in [1.807, 2.05) is 25.3 Å². The predicted octanol–water partition coefficient (Wildman–Crippen LogP) is 3.80. The Morgan fingerprint density at radius 1 is 1.19 bits per heavy atom. The van der Waals surface area contributed by atoms with Crippen LogP contribution in [-0.4, -0.2) is 36.6 Å². The highest BCUT2D eigenvalue weighted by Gasteiger charge is 2.20. The zero-order valence-electron chi connectivity index (χ0n) is 15.8. The van der Waals surface area contributed by atoms with Crippen molar-refractivity contribution in [2.24, 2.45) is 0 Å². The monoisotopic (exact) mass is 361 g/mol. The molecule has 1 heterocycles. The van der Waals surface area contributed by atoms with Crippen LogP contribution in [0.4, 0.5) is 4.39 Å². The van der Waals surface area contributed by atoms with Crippen molar-refractivity contribution in [2.75, 3.05) is 20.3 Å². The molecule has 2 aromatic rings. The van der Waals surface area contributed by atoms with Crippen LogP contribution in [0.1, 0.15) is 50.6 Å². The second-order valence-corrected chi connectivity index (χ2v) is 6.42. The van der Waals surface area contributed by atoms with Gasteiger partial charge < -0.3 is 14.0 Å². The molecule has 26 heavy (non-hydrogen) atoms. The van der Waals surface area contributed by atoms with Crippen molar-refractivity contribution < 1.29 is 23.5 Å². The van der Waals surface area contributed by atoms with E-state index < -0.39 is 18.4 Å². The third kappa shape index (κ3) is 4.19. The van der Waals surface area contributed by atoms with Crippen molar-refractivity contribution in [3.63, 3.8) is 0 Å². The van der Waals surface area contributed by atoms with Crippen molar-refractivity contribution >= 4 is 11.8 Å². The average molecular weight is 361 g/mol. The second-order valence-electron chi connectivity index (χ2n) is 6.42. The number of esters is 1. The summed E-state index contributed by atoms with van der Waals surface area (Å²) in [6, 6.07) is 5.95. The Morgan fingerprint density at radius 3 is 2.50 bits per heavy atom. The lowest BCUT2D eigenvalue weighted by Gasteiger charge is -2.17. The maximum Gasteiger partial charge on any atom is 0.338 e. The fourth-order valence-corrected chi connectivity index (χ4v) is 3.07. The first-order valence-electron chi connectivity index (χ1n) is 8.40. The maximum absolute atomic E-state index is 13.6. The van der Waals surface area contributed by atoms with Gasteiger partial charge in [-0.3, -0.25) is 4.79 Å². The van der Waals surface area contributed by atoms with E-state index in [9.17, 15) is 14.0 Å². The van der Waals surface area contributed by atoms with Crippen LogP contribution in [0.15, 0.2) is 24.3 Å². The van der Waals surface area contributed by atoms with Crippen LogP contribution in [-0.2, 0) is 9.47 Å². The number of hydrogen-bond acceptors (Lipinski definition) is 4. The number of ether oxygens (including phenoxy) is 2. The molecule has 0 saturated carbocycles. The Labute approximate surface area is 152 Å². The predicted molar refractivity (Wildman–Crippen MR) is 96.2 cm³/mol. The SMILES string of the molecule is COC[C@H](C)n1c(C)cc(C(=O)COC(=O)c2ccc(C)c(F)c2)c1C. The van der Waals surface area contributed by atoms with Crippen molar-refractivity contribution in [1.82, 2.24) is 4.57 Å². The van der Waals surface area contributed by atoms with Crippen LogP contribution < -0.4 is 0 Å². The maximum atomic E-state index is 13.6. The molecule has 0 saturated heterocycles. The van der Waals surface area contributed by atoms with E-state index in [0.29, 0.717) is 17.7 Å². The molecule has 140 valence electrons. The van der Waals surface area contributed by atoms with Gasteiger partial charge in [-0.1, -0.05) is 6.07 Å². The molecule has 0 amide bonds. The minimum atomic E-state index is -0.723. The number of rotatable bonds is 7. The van der Waals surface area contributed by atoms with Crippen molar-refractivity contribution in [2.45, 2.75) is 33.7 Å². The van der Waals surface area contributed by atoms with Crippen molar-refractivity contribution in [3.8, 4) is 0 Å². The Morgan fingerprint density at radius 2 is 1.88 bits per heavy atom. The molecule has 0 aliphatic carbocycles. The largest absolute Gasteiger partial charge is 0.454 e. The van der Waals surface area contributed by atoms with Gasteiger partial charge in [0.1, 0.15) is 5.82 Å². The third-order valence-electron chi connectivity index (χ3n) is 4.38. The average Bonchev–Trinajstić information content (AvgIpc) is 2.89. The van der Waals surface area contributed by atoms with Gasteiger partial charge in [0.05, 0.1) is 18.2 Å². The van der Waals surface area contributed by atoms with E-state index in [1.54, 1.807) is 20.1 Å². The fraction of sp³-hybridized carbons (Fsp3) is 0.400. The van der Waals surface area contributed by atoms with Gasteiger partial charge in [-0.25, -0.2) is 9.18 Å². The van der Waals surface area contributed by atoms with Crippen LogP contribution in [0.2, 0.25) is 0 Å². The highest BCUT2D eigenvalue weighted by molar-refractivity contribution is 6.00. The van der Waals surface area contributed by atoms with Crippen LogP contribution in [0.5, 0.6) is 0 Å². The Balaban J connectivity index is 2.09. The van der Waals surface area contributed by atoms with E-state index in [1.165, 1.54) is 12.1 Å². The summed E-state index contributed by atoms with van der Waals surface area (Å²) >= 11 is 0.